The van der Waals surface area contributed by atoms with Crippen molar-refractivity contribution in [2.45, 2.75) is 18.4 Å². The Kier molecular flexibility index (Phi) is 5.83. The lowest BCUT2D eigenvalue weighted by Crippen LogP contribution is -2.43. The van der Waals surface area contributed by atoms with Gasteiger partial charge in [-0.1, -0.05) is 30.3 Å². The van der Waals surface area contributed by atoms with Gasteiger partial charge in [0, 0.05) is 30.6 Å². The summed E-state index contributed by atoms with van der Waals surface area (Å²) in [5, 5.41) is 10.7. The molecule has 0 saturated carbocycles. The molecule has 1 amide bonds. The molecule has 10 heteroatoms. The molecule has 0 spiro atoms. The number of nitro groups is 1. The van der Waals surface area contributed by atoms with E-state index < -0.39 is 21.0 Å². The number of non-ortho nitro benzene ring substituents is 1. The number of benzene rings is 2. The number of amides is 1. The first-order chi connectivity index (χ1) is 13.8. The van der Waals surface area contributed by atoms with E-state index >= 15 is 0 Å². The van der Waals surface area contributed by atoms with E-state index in [1.165, 1.54) is 23.2 Å². The Labute approximate surface area is 168 Å². The van der Waals surface area contributed by atoms with Crippen molar-refractivity contribution in [1.29, 1.82) is 0 Å². The van der Waals surface area contributed by atoms with Crippen LogP contribution in [0.25, 0.3) is 0 Å². The van der Waals surface area contributed by atoms with Gasteiger partial charge in [0.25, 0.3) is 15.7 Å². The minimum absolute atomic E-state index is 0.0388. The SMILES string of the molecule is CC1=CN(S(=O)(=O)c2ccc([N+](=O)[O-])cc2)CCN1C(=O)OCc1ccccc1. The normalized spacial score (nSPS) is 14.3. The van der Waals surface area contributed by atoms with E-state index in [9.17, 15) is 23.3 Å². The van der Waals surface area contributed by atoms with E-state index in [0.717, 1.165) is 22.0 Å². The molecule has 152 valence electrons. The van der Waals surface area contributed by atoms with Crippen molar-refractivity contribution in [2.24, 2.45) is 0 Å². The second-order valence-electron chi connectivity index (χ2n) is 6.33. The number of nitro benzene ring substituents is 1. The quantitative estimate of drug-likeness (QED) is 0.546. The highest BCUT2D eigenvalue weighted by Gasteiger charge is 2.29. The van der Waals surface area contributed by atoms with E-state index in [0.29, 0.717) is 5.70 Å². The van der Waals surface area contributed by atoms with Gasteiger partial charge < -0.3 is 4.74 Å². The standard InChI is InChI=1S/C19H19N3O6S/c1-15-13-20(29(26,27)18-9-7-17(8-10-18)22(24)25)11-12-21(15)19(23)28-14-16-5-3-2-4-6-16/h2-10,13H,11-12,14H2,1H3. The molecule has 0 aromatic heterocycles. The fraction of sp³-hybridized carbons (Fsp3) is 0.211. The van der Waals surface area contributed by atoms with Gasteiger partial charge in [0.2, 0.25) is 0 Å². The Balaban J connectivity index is 1.70. The van der Waals surface area contributed by atoms with Crippen molar-refractivity contribution in [1.82, 2.24) is 9.21 Å². The predicted molar refractivity (Wildman–Crippen MR) is 104 cm³/mol. The lowest BCUT2D eigenvalue weighted by Gasteiger charge is -2.32. The molecular formula is C19H19N3O6S. The third-order valence-corrected chi connectivity index (χ3v) is 6.15. The van der Waals surface area contributed by atoms with E-state index in [2.05, 4.69) is 0 Å². The van der Waals surface area contributed by atoms with Gasteiger partial charge in [-0.25, -0.2) is 13.2 Å². The first-order valence-electron chi connectivity index (χ1n) is 8.72. The van der Waals surface area contributed by atoms with Crippen LogP contribution in [0.2, 0.25) is 0 Å². The first-order valence-corrected chi connectivity index (χ1v) is 10.2. The lowest BCUT2D eigenvalue weighted by molar-refractivity contribution is -0.384. The molecule has 0 bridgehead atoms. The number of hydrogen-bond acceptors (Lipinski definition) is 6. The summed E-state index contributed by atoms with van der Waals surface area (Å²) in [6.07, 6.45) is 0.791. The number of sulfonamides is 1. The monoisotopic (exact) mass is 417 g/mol. The molecule has 0 saturated heterocycles. The topological polar surface area (TPSA) is 110 Å². The molecule has 2 aromatic rings. The van der Waals surface area contributed by atoms with Crippen LogP contribution in [0.5, 0.6) is 0 Å². The Hall–Kier alpha value is -3.40. The summed E-state index contributed by atoms with van der Waals surface area (Å²) < 4.78 is 32.0. The summed E-state index contributed by atoms with van der Waals surface area (Å²) in [6, 6.07) is 13.9. The van der Waals surface area contributed by atoms with Crippen LogP contribution in [0.4, 0.5) is 10.5 Å². The van der Waals surface area contributed by atoms with Crippen LogP contribution in [0.1, 0.15) is 12.5 Å². The molecule has 0 radical (unpaired) electrons. The van der Waals surface area contributed by atoms with Gasteiger partial charge in [-0.3, -0.25) is 19.3 Å². The maximum absolute atomic E-state index is 12.8. The number of ether oxygens (including phenoxy) is 1. The summed E-state index contributed by atoms with van der Waals surface area (Å²) in [5.41, 5.74) is 1.07. The summed E-state index contributed by atoms with van der Waals surface area (Å²) in [4.78, 5) is 23.8. The minimum atomic E-state index is -3.89. The number of allylic oxidation sites excluding steroid dienone is 1. The van der Waals surface area contributed by atoms with Crippen LogP contribution < -0.4 is 0 Å². The Bertz CT molecular complexity index is 1040. The molecule has 1 aliphatic rings. The molecule has 1 aliphatic heterocycles. The average Bonchev–Trinajstić information content (AvgIpc) is 2.72. The van der Waals surface area contributed by atoms with E-state index in [1.54, 1.807) is 6.92 Å². The summed E-state index contributed by atoms with van der Waals surface area (Å²) in [7, 11) is -3.89. The van der Waals surface area contributed by atoms with Crippen molar-refractivity contribution in [3.63, 3.8) is 0 Å². The van der Waals surface area contributed by atoms with E-state index in [4.69, 9.17) is 4.74 Å². The third-order valence-electron chi connectivity index (χ3n) is 4.38. The number of rotatable bonds is 5. The first kappa shape index (κ1) is 20.3. The molecule has 2 aromatic carbocycles. The predicted octanol–water partition coefficient (Wildman–Crippen LogP) is 3.10. The highest BCUT2D eigenvalue weighted by Crippen LogP contribution is 2.23. The molecule has 9 nitrogen and oxygen atoms in total. The fourth-order valence-corrected chi connectivity index (χ4v) is 4.18. The molecule has 0 unspecified atom stereocenters. The Morgan fingerprint density at radius 1 is 1.10 bits per heavy atom. The van der Waals surface area contributed by atoms with Crippen LogP contribution in [0, 0.1) is 10.1 Å². The second-order valence-corrected chi connectivity index (χ2v) is 8.22. The van der Waals surface area contributed by atoms with Gasteiger partial charge in [-0.05, 0) is 24.6 Å². The van der Waals surface area contributed by atoms with Crippen molar-refractivity contribution >= 4 is 21.8 Å². The largest absolute Gasteiger partial charge is 0.444 e. The van der Waals surface area contributed by atoms with Gasteiger partial charge in [-0.2, -0.15) is 0 Å². The molecule has 0 fully saturated rings. The summed E-state index contributed by atoms with van der Waals surface area (Å²) in [5.74, 6) is 0. The zero-order valence-corrected chi connectivity index (χ0v) is 16.4. The molecule has 1 heterocycles. The average molecular weight is 417 g/mol. The van der Waals surface area contributed by atoms with Crippen molar-refractivity contribution in [3.05, 3.63) is 82.2 Å². The zero-order valence-electron chi connectivity index (χ0n) is 15.6. The number of carbonyl (C=O) groups is 1. The third kappa shape index (κ3) is 4.54. The smallest absolute Gasteiger partial charge is 0.414 e. The summed E-state index contributed by atoms with van der Waals surface area (Å²) >= 11 is 0. The molecule has 0 aliphatic carbocycles. The Morgan fingerprint density at radius 2 is 1.76 bits per heavy atom. The van der Waals surface area contributed by atoms with Gasteiger partial charge >= 0.3 is 6.09 Å². The highest BCUT2D eigenvalue weighted by molar-refractivity contribution is 7.89. The van der Waals surface area contributed by atoms with Gasteiger partial charge in [0.1, 0.15) is 6.61 Å². The van der Waals surface area contributed by atoms with E-state index in [1.807, 2.05) is 30.3 Å². The molecular weight excluding hydrogens is 398 g/mol. The molecule has 3 rings (SSSR count). The number of carbonyl (C=O) groups excluding carboxylic acids is 1. The van der Waals surface area contributed by atoms with Gasteiger partial charge in [-0.15, -0.1) is 0 Å². The van der Waals surface area contributed by atoms with Crippen molar-refractivity contribution in [2.75, 3.05) is 13.1 Å². The number of hydrogen-bond donors (Lipinski definition) is 0. The van der Waals surface area contributed by atoms with E-state index in [-0.39, 0.29) is 30.3 Å². The lowest BCUT2D eigenvalue weighted by atomic mass is 10.2. The van der Waals surface area contributed by atoms with Gasteiger partial charge in [0.15, 0.2) is 0 Å². The van der Waals surface area contributed by atoms with Crippen LogP contribution in [0.3, 0.4) is 0 Å². The van der Waals surface area contributed by atoms with Crippen LogP contribution in [-0.2, 0) is 21.4 Å². The molecule has 0 N–H and O–H groups in total. The maximum atomic E-state index is 12.8. The maximum Gasteiger partial charge on any atom is 0.414 e. The highest BCUT2D eigenvalue weighted by atomic mass is 32.2. The summed E-state index contributed by atoms with van der Waals surface area (Å²) in [6.45, 7) is 1.90. The molecule has 0 atom stereocenters. The molecule has 29 heavy (non-hydrogen) atoms. The Morgan fingerprint density at radius 3 is 2.34 bits per heavy atom. The minimum Gasteiger partial charge on any atom is -0.444 e. The van der Waals surface area contributed by atoms with Crippen molar-refractivity contribution < 1.29 is 22.9 Å². The van der Waals surface area contributed by atoms with Crippen LogP contribution in [0.15, 0.2) is 71.4 Å². The fourth-order valence-electron chi connectivity index (χ4n) is 2.81. The zero-order chi connectivity index (χ0) is 21.0. The second kappa shape index (κ2) is 8.31. The van der Waals surface area contributed by atoms with Crippen molar-refractivity contribution in [3.8, 4) is 0 Å². The van der Waals surface area contributed by atoms with Crippen LogP contribution >= 0.6 is 0 Å². The number of nitrogens with zero attached hydrogens (tertiary/aromatic N) is 3. The van der Waals surface area contributed by atoms with Gasteiger partial charge in [0.05, 0.1) is 16.4 Å². The van der Waals surface area contributed by atoms with Crippen LogP contribution in [-0.4, -0.2) is 41.7 Å².